The lowest BCUT2D eigenvalue weighted by molar-refractivity contribution is -0.119. The second-order valence-corrected chi connectivity index (χ2v) is 7.83. The maximum atomic E-state index is 12.8. The van der Waals surface area contributed by atoms with Crippen LogP contribution in [0.15, 0.2) is 72.8 Å². The number of benzene rings is 3. The number of hydrogen-bond acceptors (Lipinski definition) is 5. The summed E-state index contributed by atoms with van der Waals surface area (Å²) in [5.74, 6) is -2.17. The fourth-order valence-corrected chi connectivity index (χ4v) is 3.67. The molecular formula is C25H19ClN2O5. The van der Waals surface area contributed by atoms with E-state index in [1.54, 1.807) is 24.3 Å². The molecule has 0 spiro atoms. The molecule has 166 valence electrons. The molecule has 0 bridgehead atoms. The highest BCUT2D eigenvalue weighted by atomic mass is 35.5. The van der Waals surface area contributed by atoms with Crippen LogP contribution in [0.1, 0.15) is 36.6 Å². The quantitative estimate of drug-likeness (QED) is 0.423. The van der Waals surface area contributed by atoms with E-state index in [9.17, 15) is 19.2 Å². The summed E-state index contributed by atoms with van der Waals surface area (Å²) in [5.41, 5.74) is 1.94. The van der Waals surface area contributed by atoms with Crippen LogP contribution >= 0.6 is 11.6 Å². The largest absolute Gasteiger partial charge is 0.452 e. The molecule has 1 aliphatic heterocycles. The van der Waals surface area contributed by atoms with Gasteiger partial charge >= 0.3 is 5.97 Å². The van der Waals surface area contributed by atoms with Crippen molar-refractivity contribution in [2.45, 2.75) is 6.42 Å². The smallest absolute Gasteiger partial charge is 0.338 e. The van der Waals surface area contributed by atoms with Crippen molar-refractivity contribution >= 4 is 41.0 Å². The van der Waals surface area contributed by atoms with Crippen LogP contribution in [0.4, 0.5) is 5.69 Å². The number of carbonyl (C=O) groups excluding carboxylic acids is 4. The molecule has 7 nitrogen and oxygen atoms in total. The van der Waals surface area contributed by atoms with Crippen LogP contribution in [-0.2, 0) is 16.0 Å². The monoisotopic (exact) mass is 462 g/mol. The van der Waals surface area contributed by atoms with E-state index in [1.165, 1.54) is 23.1 Å². The molecule has 1 heterocycles. The third-order valence-corrected chi connectivity index (χ3v) is 5.35. The summed E-state index contributed by atoms with van der Waals surface area (Å²) in [6.07, 6.45) is 0.531. The van der Waals surface area contributed by atoms with Gasteiger partial charge in [0.15, 0.2) is 6.61 Å². The maximum absolute atomic E-state index is 12.8. The van der Waals surface area contributed by atoms with E-state index in [-0.39, 0.29) is 23.2 Å². The van der Waals surface area contributed by atoms with Gasteiger partial charge in [-0.1, -0.05) is 48.0 Å². The Bertz CT molecular complexity index is 1240. The van der Waals surface area contributed by atoms with Gasteiger partial charge in [0.25, 0.3) is 17.7 Å². The molecule has 8 heteroatoms. The van der Waals surface area contributed by atoms with Crippen LogP contribution in [0.3, 0.4) is 0 Å². The SMILES string of the molecule is O=C(COC(=O)c1ccc2c(c1)C(=O)N(CCc1ccccc1)C2=O)Nc1cccc(Cl)c1. The molecule has 0 atom stereocenters. The van der Waals surface area contributed by atoms with Crippen molar-refractivity contribution in [1.29, 1.82) is 0 Å². The molecule has 0 saturated heterocycles. The molecule has 0 aliphatic carbocycles. The Morgan fingerprint density at radius 2 is 1.64 bits per heavy atom. The summed E-state index contributed by atoms with van der Waals surface area (Å²) < 4.78 is 5.05. The molecule has 33 heavy (non-hydrogen) atoms. The number of amides is 3. The zero-order valence-corrected chi connectivity index (χ0v) is 18.2. The number of anilines is 1. The van der Waals surface area contributed by atoms with E-state index >= 15 is 0 Å². The Balaban J connectivity index is 1.37. The van der Waals surface area contributed by atoms with Crippen molar-refractivity contribution < 1.29 is 23.9 Å². The van der Waals surface area contributed by atoms with E-state index in [0.717, 1.165) is 5.56 Å². The van der Waals surface area contributed by atoms with Gasteiger partial charge < -0.3 is 10.1 Å². The fraction of sp³-hybridized carbons (Fsp3) is 0.120. The van der Waals surface area contributed by atoms with Crippen molar-refractivity contribution in [2.75, 3.05) is 18.5 Å². The second kappa shape index (κ2) is 9.67. The summed E-state index contributed by atoms with van der Waals surface area (Å²) in [6.45, 7) is -0.279. The minimum atomic E-state index is -0.776. The fourth-order valence-electron chi connectivity index (χ4n) is 3.48. The first-order valence-corrected chi connectivity index (χ1v) is 10.6. The molecule has 0 saturated carbocycles. The standard InChI is InChI=1S/C25H19ClN2O5/c26-18-7-4-8-19(14-18)27-22(29)15-33-25(32)17-9-10-20-21(13-17)24(31)28(23(20)30)12-11-16-5-2-1-3-6-16/h1-10,13-14H,11-12,15H2,(H,27,29). The van der Waals surface area contributed by atoms with Gasteiger partial charge in [-0.3, -0.25) is 19.3 Å². The minimum Gasteiger partial charge on any atom is -0.452 e. The summed E-state index contributed by atoms with van der Waals surface area (Å²) in [4.78, 5) is 51.0. The number of halogens is 1. The van der Waals surface area contributed by atoms with E-state index in [0.29, 0.717) is 17.1 Å². The predicted molar refractivity (Wildman–Crippen MR) is 122 cm³/mol. The molecule has 4 rings (SSSR count). The Morgan fingerprint density at radius 3 is 2.39 bits per heavy atom. The third kappa shape index (κ3) is 5.10. The molecule has 0 unspecified atom stereocenters. The van der Waals surface area contributed by atoms with Gasteiger partial charge in [0.2, 0.25) is 0 Å². The lowest BCUT2D eigenvalue weighted by atomic mass is 10.1. The summed E-state index contributed by atoms with van der Waals surface area (Å²) in [5, 5.41) is 3.03. The summed E-state index contributed by atoms with van der Waals surface area (Å²) in [7, 11) is 0. The number of carbonyl (C=O) groups is 4. The van der Waals surface area contributed by atoms with Gasteiger partial charge in [0, 0.05) is 17.3 Å². The first kappa shape index (κ1) is 22.2. The number of nitrogens with one attached hydrogen (secondary N) is 1. The zero-order chi connectivity index (χ0) is 23.4. The molecule has 3 aromatic carbocycles. The van der Waals surface area contributed by atoms with Gasteiger partial charge in [-0.2, -0.15) is 0 Å². The maximum Gasteiger partial charge on any atom is 0.338 e. The Hall–Kier alpha value is -3.97. The predicted octanol–water partition coefficient (Wildman–Crippen LogP) is 3.97. The van der Waals surface area contributed by atoms with Gasteiger partial charge in [0.05, 0.1) is 16.7 Å². The number of rotatable bonds is 7. The molecule has 1 N–H and O–H groups in total. The number of ether oxygens (including phenoxy) is 1. The van der Waals surface area contributed by atoms with E-state index in [4.69, 9.17) is 16.3 Å². The second-order valence-electron chi connectivity index (χ2n) is 7.39. The van der Waals surface area contributed by atoms with Gasteiger partial charge in [-0.05, 0) is 48.4 Å². The molecule has 0 radical (unpaired) electrons. The van der Waals surface area contributed by atoms with Crippen molar-refractivity contribution in [3.63, 3.8) is 0 Å². The first-order chi connectivity index (χ1) is 15.9. The van der Waals surface area contributed by atoms with Gasteiger partial charge in [0.1, 0.15) is 0 Å². The topological polar surface area (TPSA) is 92.8 Å². The highest BCUT2D eigenvalue weighted by Crippen LogP contribution is 2.25. The number of nitrogens with zero attached hydrogens (tertiary/aromatic N) is 1. The lowest BCUT2D eigenvalue weighted by Crippen LogP contribution is -2.31. The average molecular weight is 463 g/mol. The van der Waals surface area contributed by atoms with E-state index in [2.05, 4.69) is 5.32 Å². The summed E-state index contributed by atoms with van der Waals surface area (Å²) >= 11 is 5.87. The van der Waals surface area contributed by atoms with Crippen LogP contribution in [0.2, 0.25) is 5.02 Å². The van der Waals surface area contributed by atoms with Crippen LogP contribution in [0.5, 0.6) is 0 Å². The lowest BCUT2D eigenvalue weighted by Gasteiger charge is -2.13. The Kier molecular flexibility index (Phi) is 6.51. The zero-order valence-electron chi connectivity index (χ0n) is 17.4. The van der Waals surface area contributed by atoms with Gasteiger partial charge in [-0.25, -0.2) is 4.79 Å². The molecular weight excluding hydrogens is 444 g/mol. The van der Waals surface area contributed by atoms with Crippen LogP contribution < -0.4 is 5.32 Å². The Labute approximate surface area is 194 Å². The van der Waals surface area contributed by atoms with Crippen LogP contribution in [0, 0.1) is 0 Å². The molecule has 0 aromatic heterocycles. The van der Waals surface area contributed by atoms with Gasteiger partial charge in [-0.15, -0.1) is 0 Å². The highest BCUT2D eigenvalue weighted by molar-refractivity contribution is 6.30. The number of esters is 1. The van der Waals surface area contributed by atoms with E-state index in [1.807, 2.05) is 30.3 Å². The minimum absolute atomic E-state index is 0.0790. The first-order valence-electron chi connectivity index (χ1n) is 10.2. The average Bonchev–Trinajstić information content (AvgIpc) is 3.06. The van der Waals surface area contributed by atoms with Crippen molar-refractivity contribution in [2.24, 2.45) is 0 Å². The van der Waals surface area contributed by atoms with Crippen molar-refractivity contribution in [3.8, 4) is 0 Å². The molecule has 3 aromatic rings. The van der Waals surface area contributed by atoms with E-state index < -0.39 is 30.3 Å². The van der Waals surface area contributed by atoms with Crippen LogP contribution in [-0.4, -0.2) is 41.7 Å². The van der Waals surface area contributed by atoms with Crippen molar-refractivity contribution in [3.05, 3.63) is 100 Å². The number of hydrogen-bond donors (Lipinski definition) is 1. The number of imide groups is 1. The van der Waals surface area contributed by atoms with Crippen LogP contribution in [0.25, 0.3) is 0 Å². The normalized spacial score (nSPS) is 12.5. The molecule has 1 aliphatic rings. The summed E-state index contributed by atoms with van der Waals surface area (Å²) in [6, 6.07) is 20.3. The Morgan fingerprint density at radius 1 is 0.879 bits per heavy atom. The third-order valence-electron chi connectivity index (χ3n) is 5.12. The van der Waals surface area contributed by atoms with Crippen molar-refractivity contribution in [1.82, 2.24) is 4.90 Å². The molecule has 0 fully saturated rings. The number of fused-ring (bicyclic) bond motifs is 1. The molecule has 3 amide bonds. The highest BCUT2D eigenvalue weighted by Gasteiger charge is 2.35.